The predicted molar refractivity (Wildman–Crippen MR) is 137 cm³/mol. The summed E-state index contributed by atoms with van der Waals surface area (Å²) in [7, 11) is 1.72. The van der Waals surface area contributed by atoms with Gasteiger partial charge in [0, 0.05) is 30.4 Å². The number of guanidine groups is 1. The quantitative estimate of drug-likeness (QED) is 0.241. The number of amides is 3. The lowest BCUT2D eigenvalue weighted by atomic mass is 10.1. The van der Waals surface area contributed by atoms with Gasteiger partial charge < -0.3 is 9.32 Å². The summed E-state index contributed by atoms with van der Waals surface area (Å²) in [6.45, 7) is 6.96. The smallest absolute Gasteiger partial charge is 0.323 e. The summed E-state index contributed by atoms with van der Waals surface area (Å²) < 4.78 is 5.90. The fourth-order valence-corrected chi connectivity index (χ4v) is 3.72. The van der Waals surface area contributed by atoms with Gasteiger partial charge in [-0.05, 0) is 54.8 Å². The first-order valence-electron chi connectivity index (χ1n) is 11.5. The van der Waals surface area contributed by atoms with Crippen molar-refractivity contribution in [3.63, 3.8) is 0 Å². The number of nitrogens with one attached hydrogen (secondary N) is 1. The number of aliphatic imine (C=N–C) groups is 1. The Morgan fingerprint density at radius 2 is 1.91 bits per heavy atom. The lowest BCUT2D eigenvalue weighted by Gasteiger charge is -2.23. The normalized spacial score (nSPS) is 11.5. The maximum Gasteiger partial charge on any atom is 0.323 e. The third-order valence-corrected chi connectivity index (χ3v) is 5.90. The molecule has 0 spiro atoms. The average molecular weight is 483 g/mol. The second kappa shape index (κ2) is 11.7. The molecule has 2 aromatic carbocycles. The van der Waals surface area contributed by atoms with E-state index in [-0.39, 0.29) is 18.5 Å². The number of benzene rings is 2. The van der Waals surface area contributed by atoms with Crippen molar-refractivity contribution >= 4 is 46.7 Å². The van der Waals surface area contributed by atoms with E-state index >= 15 is 0 Å². The number of nitrogens with zero attached hydrogens (tertiary/aromatic N) is 3. The van der Waals surface area contributed by atoms with Crippen LogP contribution in [0.3, 0.4) is 0 Å². The van der Waals surface area contributed by atoms with Gasteiger partial charge in [-0.2, -0.15) is 0 Å². The first-order valence-corrected chi connectivity index (χ1v) is 11.8. The zero-order chi connectivity index (χ0) is 24.7. The topological polar surface area (TPSA) is 78.2 Å². The van der Waals surface area contributed by atoms with E-state index in [4.69, 9.17) is 16.0 Å². The van der Waals surface area contributed by atoms with Crippen LogP contribution in [0.2, 0.25) is 5.02 Å². The molecular formula is C26H31ClN4O3. The Labute approximate surface area is 205 Å². The van der Waals surface area contributed by atoms with Crippen LogP contribution in [0.15, 0.2) is 51.9 Å². The van der Waals surface area contributed by atoms with Crippen molar-refractivity contribution < 1.29 is 14.0 Å². The van der Waals surface area contributed by atoms with Crippen LogP contribution >= 0.6 is 11.6 Å². The summed E-state index contributed by atoms with van der Waals surface area (Å²) in [6, 6.07) is 12.4. The number of carbonyl (C=O) groups excluding carboxylic acids is 2. The Morgan fingerprint density at radius 3 is 2.56 bits per heavy atom. The summed E-state index contributed by atoms with van der Waals surface area (Å²) in [6.07, 6.45) is 3.31. The van der Waals surface area contributed by atoms with E-state index < -0.39 is 0 Å². The Morgan fingerprint density at radius 1 is 1.18 bits per heavy atom. The lowest BCUT2D eigenvalue weighted by molar-refractivity contribution is -0.115. The van der Waals surface area contributed by atoms with Crippen LogP contribution in [0.5, 0.6) is 0 Å². The van der Waals surface area contributed by atoms with Crippen LogP contribution in [-0.2, 0) is 17.8 Å². The molecule has 1 heterocycles. The molecule has 0 saturated carbocycles. The molecule has 0 aliphatic rings. The highest BCUT2D eigenvalue weighted by Gasteiger charge is 2.18. The molecule has 3 rings (SSSR count). The molecule has 3 amide bonds. The molecule has 3 aromatic rings. The Hall–Kier alpha value is -3.32. The first kappa shape index (κ1) is 25.3. The summed E-state index contributed by atoms with van der Waals surface area (Å²) in [4.78, 5) is 32.5. The molecule has 1 N–H and O–H groups in total. The zero-order valence-corrected chi connectivity index (χ0v) is 20.9. The van der Waals surface area contributed by atoms with Gasteiger partial charge in [0.1, 0.15) is 11.3 Å². The Bertz CT molecular complexity index is 1170. The second-order valence-electron chi connectivity index (χ2n) is 8.18. The number of aryl methyl sites for hydroxylation is 2. The molecule has 0 saturated heterocycles. The van der Waals surface area contributed by atoms with Crippen LogP contribution in [0.25, 0.3) is 11.0 Å². The maximum absolute atomic E-state index is 12.8. The van der Waals surface area contributed by atoms with Crippen LogP contribution in [0.1, 0.15) is 43.6 Å². The van der Waals surface area contributed by atoms with Gasteiger partial charge >= 0.3 is 6.03 Å². The van der Waals surface area contributed by atoms with Crippen molar-refractivity contribution in [3.8, 4) is 0 Å². The number of hydrogen-bond acceptors (Lipinski definition) is 4. The van der Waals surface area contributed by atoms with Gasteiger partial charge in [0.25, 0.3) is 0 Å². The van der Waals surface area contributed by atoms with Crippen LogP contribution < -0.4 is 5.32 Å². The predicted octanol–water partition coefficient (Wildman–Crippen LogP) is 6.04. The standard InChI is InChI=1S/C26H31ClN4O3/c1-5-7-14-30(4)26(33)29-25(31(17-32)16-19-8-10-20(27)11-9-19)28-21-12-13-24-22(15-21)18(3)23(6-2)34-24/h8-13,15,17H,5-7,14,16H2,1-4H3,(H,28,29,33). The van der Waals surface area contributed by atoms with Crippen molar-refractivity contribution in [1.82, 2.24) is 15.1 Å². The fourth-order valence-electron chi connectivity index (χ4n) is 3.59. The number of urea groups is 1. The SMILES string of the molecule is CCCCN(C)C(=O)NC(=Nc1ccc2oc(CC)c(C)c2c1)N(C=O)Cc1ccc(Cl)cc1. The molecule has 0 atom stereocenters. The van der Waals surface area contributed by atoms with Crippen molar-refractivity contribution in [1.29, 1.82) is 0 Å². The number of furan rings is 1. The first-order chi connectivity index (χ1) is 16.4. The highest BCUT2D eigenvalue weighted by molar-refractivity contribution is 6.30. The average Bonchev–Trinajstić information content (AvgIpc) is 3.16. The summed E-state index contributed by atoms with van der Waals surface area (Å²) >= 11 is 5.99. The summed E-state index contributed by atoms with van der Waals surface area (Å²) in [5.41, 5.74) is 3.31. The van der Waals surface area contributed by atoms with Crippen molar-refractivity contribution in [3.05, 3.63) is 64.4 Å². The minimum Gasteiger partial charge on any atom is -0.461 e. The fraction of sp³-hybridized carbons (Fsp3) is 0.346. The molecule has 0 aliphatic carbocycles. The number of fused-ring (bicyclic) bond motifs is 1. The lowest BCUT2D eigenvalue weighted by Crippen LogP contribution is -2.48. The van der Waals surface area contributed by atoms with Gasteiger partial charge in [-0.25, -0.2) is 9.79 Å². The summed E-state index contributed by atoms with van der Waals surface area (Å²) in [5, 5.41) is 4.38. The van der Waals surface area contributed by atoms with Gasteiger partial charge in [-0.1, -0.05) is 44.0 Å². The van der Waals surface area contributed by atoms with Crippen molar-refractivity contribution in [2.75, 3.05) is 13.6 Å². The molecule has 180 valence electrons. The Balaban J connectivity index is 1.97. The molecule has 1 aromatic heterocycles. The van der Waals surface area contributed by atoms with Gasteiger partial charge in [-0.15, -0.1) is 0 Å². The van der Waals surface area contributed by atoms with E-state index in [1.807, 2.05) is 44.2 Å². The number of hydrogen-bond donors (Lipinski definition) is 1. The number of rotatable bonds is 8. The number of unbranched alkanes of at least 4 members (excludes halogenated alkanes) is 1. The third kappa shape index (κ3) is 6.17. The largest absolute Gasteiger partial charge is 0.461 e. The monoisotopic (exact) mass is 482 g/mol. The van der Waals surface area contributed by atoms with Gasteiger partial charge in [-0.3, -0.25) is 15.0 Å². The highest BCUT2D eigenvalue weighted by Crippen LogP contribution is 2.29. The van der Waals surface area contributed by atoms with E-state index in [1.54, 1.807) is 24.1 Å². The van der Waals surface area contributed by atoms with Gasteiger partial charge in [0.05, 0.1) is 12.2 Å². The molecule has 0 unspecified atom stereocenters. The van der Waals surface area contributed by atoms with Crippen LogP contribution in [-0.4, -0.2) is 41.8 Å². The van der Waals surface area contributed by atoms with Gasteiger partial charge in [0.15, 0.2) is 0 Å². The van der Waals surface area contributed by atoms with Crippen LogP contribution in [0, 0.1) is 6.92 Å². The van der Waals surface area contributed by atoms with Crippen molar-refractivity contribution in [2.24, 2.45) is 4.99 Å². The maximum atomic E-state index is 12.8. The minimum atomic E-state index is -0.330. The summed E-state index contributed by atoms with van der Waals surface area (Å²) in [5.74, 6) is 1.08. The molecule has 8 heteroatoms. The van der Waals surface area contributed by atoms with E-state index in [0.717, 1.165) is 47.1 Å². The molecular weight excluding hydrogens is 452 g/mol. The number of halogens is 1. The van der Waals surface area contributed by atoms with E-state index in [9.17, 15) is 9.59 Å². The van der Waals surface area contributed by atoms with Crippen LogP contribution in [0.4, 0.5) is 10.5 Å². The molecule has 7 nitrogen and oxygen atoms in total. The third-order valence-electron chi connectivity index (χ3n) is 5.65. The van der Waals surface area contributed by atoms with E-state index in [0.29, 0.717) is 23.7 Å². The zero-order valence-electron chi connectivity index (χ0n) is 20.1. The molecule has 0 bridgehead atoms. The molecule has 34 heavy (non-hydrogen) atoms. The van der Waals surface area contributed by atoms with E-state index in [2.05, 4.69) is 17.2 Å². The second-order valence-corrected chi connectivity index (χ2v) is 8.62. The number of carbonyl (C=O) groups is 2. The van der Waals surface area contributed by atoms with Crippen molar-refractivity contribution in [2.45, 2.75) is 46.6 Å². The Kier molecular flexibility index (Phi) is 8.71. The molecule has 0 aliphatic heterocycles. The molecule has 0 fully saturated rings. The molecule has 0 radical (unpaired) electrons. The minimum absolute atomic E-state index is 0.148. The van der Waals surface area contributed by atoms with E-state index in [1.165, 1.54) is 4.90 Å². The van der Waals surface area contributed by atoms with Gasteiger partial charge in [0.2, 0.25) is 12.4 Å². The highest BCUT2D eigenvalue weighted by atomic mass is 35.5.